The Morgan fingerprint density at radius 2 is 2.11 bits per heavy atom. The summed E-state index contributed by atoms with van der Waals surface area (Å²) < 4.78 is 9.73. The molecule has 0 N–H and O–H groups in total. The molecule has 0 amide bonds. The molecule has 0 aromatic rings. The van der Waals surface area contributed by atoms with Gasteiger partial charge in [-0.2, -0.15) is 0 Å². The molecule has 1 aliphatic rings. The molecule has 0 spiro atoms. The van der Waals surface area contributed by atoms with Crippen LogP contribution >= 0.6 is 0 Å². The van der Waals surface area contributed by atoms with Crippen molar-refractivity contribution in [3.8, 4) is 0 Å². The number of ether oxygens (including phenoxy) is 2. The van der Waals surface area contributed by atoms with Gasteiger partial charge in [-0.25, -0.2) is 0 Å². The van der Waals surface area contributed by atoms with Crippen LogP contribution in [0.15, 0.2) is 12.7 Å². The molecular formula is C6H8O3. The van der Waals surface area contributed by atoms with Crippen molar-refractivity contribution in [2.24, 2.45) is 0 Å². The zero-order chi connectivity index (χ0) is 6.69. The van der Waals surface area contributed by atoms with Crippen LogP contribution in [0.2, 0.25) is 0 Å². The first-order chi connectivity index (χ1) is 4.34. The molecule has 0 aromatic carbocycles. The fraction of sp³-hybridized carbons (Fsp3) is 0.500. The van der Waals surface area contributed by atoms with Gasteiger partial charge in [-0.1, -0.05) is 6.58 Å². The lowest BCUT2D eigenvalue weighted by Crippen LogP contribution is -2.18. The highest BCUT2D eigenvalue weighted by molar-refractivity contribution is 5.92. The number of ketones is 1. The summed E-state index contributed by atoms with van der Waals surface area (Å²) in [5.74, 6) is -0.201. The highest BCUT2D eigenvalue weighted by atomic mass is 16.7. The molecule has 0 atom stereocenters. The van der Waals surface area contributed by atoms with E-state index in [2.05, 4.69) is 6.58 Å². The Balaban J connectivity index is 2.41. The van der Waals surface area contributed by atoms with Gasteiger partial charge in [0.15, 0.2) is 0 Å². The molecule has 1 saturated heterocycles. The normalized spacial score (nSPS) is 20.0. The lowest BCUT2D eigenvalue weighted by Gasteiger charge is -2.01. The molecule has 0 radical (unpaired) electrons. The maximum atomic E-state index is 10.6. The zero-order valence-corrected chi connectivity index (χ0v) is 5.00. The number of hydrogen-bond acceptors (Lipinski definition) is 3. The monoisotopic (exact) mass is 128 g/mol. The Bertz CT molecular complexity index is 124. The van der Waals surface area contributed by atoms with E-state index in [0.717, 1.165) is 0 Å². The van der Waals surface area contributed by atoms with Crippen molar-refractivity contribution in [3.05, 3.63) is 12.7 Å². The average molecular weight is 128 g/mol. The van der Waals surface area contributed by atoms with Crippen LogP contribution in [-0.2, 0) is 14.3 Å². The van der Waals surface area contributed by atoms with Crippen molar-refractivity contribution in [2.45, 2.75) is 6.29 Å². The molecule has 0 aromatic heterocycles. The fourth-order valence-electron chi connectivity index (χ4n) is 0.619. The van der Waals surface area contributed by atoms with E-state index in [1.165, 1.54) is 6.08 Å². The Morgan fingerprint density at radius 1 is 1.56 bits per heavy atom. The first-order valence-electron chi connectivity index (χ1n) is 2.74. The second-order valence-electron chi connectivity index (χ2n) is 1.68. The molecule has 0 saturated carbocycles. The summed E-state index contributed by atoms with van der Waals surface area (Å²) in [5.41, 5.74) is 0. The van der Waals surface area contributed by atoms with Crippen molar-refractivity contribution in [2.75, 3.05) is 13.2 Å². The summed E-state index contributed by atoms with van der Waals surface area (Å²) in [6.07, 6.45) is 0.526. The molecule has 1 aliphatic heterocycles. The largest absolute Gasteiger partial charge is 0.343 e. The van der Waals surface area contributed by atoms with Crippen LogP contribution < -0.4 is 0 Å². The number of carbonyl (C=O) groups excluding carboxylic acids is 1. The third-order valence-corrected chi connectivity index (χ3v) is 1.06. The SMILES string of the molecule is C=CC(=O)C1OCCO1. The van der Waals surface area contributed by atoms with Crippen LogP contribution in [-0.4, -0.2) is 25.3 Å². The molecule has 0 unspecified atom stereocenters. The number of hydrogen-bond donors (Lipinski definition) is 0. The van der Waals surface area contributed by atoms with Crippen molar-refractivity contribution < 1.29 is 14.3 Å². The second kappa shape index (κ2) is 2.75. The lowest BCUT2D eigenvalue weighted by atomic mass is 10.4. The van der Waals surface area contributed by atoms with E-state index in [0.29, 0.717) is 13.2 Å². The maximum Gasteiger partial charge on any atom is 0.222 e. The first-order valence-corrected chi connectivity index (χ1v) is 2.74. The molecule has 9 heavy (non-hydrogen) atoms. The van der Waals surface area contributed by atoms with Crippen molar-refractivity contribution >= 4 is 5.78 Å². The van der Waals surface area contributed by atoms with Crippen molar-refractivity contribution in [3.63, 3.8) is 0 Å². The van der Waals surface area contributed by atoms with E-state index in [1.807, 2.05) is 0 Å². The summed E-state index contributed by atoms with van der Waals surface area (Å²) in [5, 5.41) is 0. The van der Waals surface area contributed by atoms with Crippen LogP contribution in [0.1, 0.15) is 0 Å². The Kier molecular flexibility index (Phi) is 1.97. The minimum Gasteiger partial charge on any atom is -0.343 e. The van der Waals surface area contributed by atoms with Gasteiger partial charge in [-0.05, 0) is 6.08 Å². The van der Waals surface area contributed by atoms with E-state index in [9.17, 15) is 4.79 Å². The standard InChI is InChI=1S/C6H8O3/c1-2-5(7)6-8-3-4-9-6/h2,6H,1,3-4H2. The van der Waals surface area contributed by atoms with Gasteiger partial charge in [0.2, 0.25) is 12.1 Å². The molecule has 3 nitrogen and oxygen atoms in total. The maximum absolute atomic E-state index is 10.6. The van der Waals surface area contributed by atoms with Gasteiger partial charge in [0.25, 0.3) is 0 Å². The average Bonchev–Trinajstić information content (AvgIpc) is 2.37. The van der Waals surface area contributed by atoms with Crippen LogP contribution in [0, 0.1) is 0 Å². The number of carbonyl (C=O) groups is 1. The van der Waals surface area contributed by atoms with Crippen LogP contribution in [0.4, 0.5) is 0 Å². The summed E-state index contributed by atoms with van der Waals surface area (Å²) >= 11 is 0. The summed E-state index contributed by atoms with van der Waals surface area (Å²) in [7, 11) is 0. The summed E-state index contributed by atoms with van der Waals surface area (Å²) in [4.78, 5) is 10.6. The minimum atomic E-state index is -0.678. The second-order valence-corrected chi connectivity index (χ2v) is 1.68. The first kappa shape index (κ1) is 6.45. The van der Waals surface area contributed by atoms with E-state index in [4.69, 9.17) is 9.47 Å². The topological polar surface area (TPSA) is 35.5 Å². The smallest absolute Gasteiger partial charge is 0.222 e. The Morgan fingerprint density at radius 3 is 2.56 bits per heavy atom. The minimum absolute atomic E-state index is 0.201. The molecule has 50 valence electrons. The van der Waals surface area contributed by atoms with E-state index >= 15 is 0 Å². The molecule has 1 rings (SSSR count). The van der Waals surface area contributed by atoms with Crippen molar-refractivity contribution in [1.29, 1.82) is 0 Å². The van der Waals surface area contributed by atoms with Crippen LogP contribution in [0.25, 0.3) is 0 Å². The van der Waals surface area contributed by atoms with Gasteiger partial charge in [0, 0.05) is 0 Å². The highest BCUT2D eigenvalue weighted by Gasteiger charge is 2.21. The van der Waals surface area contributed by atoms with Gasteiger partial charge in [-0.3, -0.25) is 4.79 Å². The lowest BCUT2D eigenvalue weighted by molar-refractivity contribution is -0.138. The summed E-state index contributed by atoms with van der Waals surface area (Å²) in [6, 6.07) is 0. The zero-order valence-electron chi connectivity index (χ0n) is 5.00. The van der Waals surface area contributed by atoms with Gasteiger partial charge in [-0.15, -0.1) is 0 Å². The molecule has 1 heterocycles. The fourth-order valence-corrected chi connectivity index (χ4v) is 0.619. The third-order valence-electron chi connectivity index (χ3n) is 1.06. The summed E-state index contributed by atoms with van der Waals surface area (Å²) in [6.45, 7) is 4.30. The Labute approximate surface area is 53.3 Å². The molecule has 0 bridgehead atoms. The van der Waals surface area contributed by atoms with E-state index in [1.54, 1.807) is 0 Å². The van der Waals surface area contributed by atoms with Crippen molar-refractivity contribution in [1.82, 2.24) is 0 Å². The molecule has 1 fully saturated rings. The van der Waals surface area contributed by atoms with Gasteiger partial charge < -0.3 is 9.47 Å². The molecular weight excluding hydrogens is 120 g/mol. The van der Waals surface area contributed by atoms with E-state index < -0.39 is 6.29 Å². The number of rotatable bonds is 2. The quantitative estimate of drug-likeness (QED) is 0.495. The van der Waals surface area contributed by atoms with Gasteiger partial charge in [0.1, 0.15) is 0 Å². The Hall–Kier alpha value is -0.670. The molecule has 0 aliphatic carbocycles. The van der Waals surface area contributed by atoms with Gasteiger partial charge in [0.05, 0.1) is 13.2 Å². The van der Waals surface area contributed by atoms with E-state index in [-0.39, 0.29) is 5.78 Å². The third kappa shape index (κ3) is 1.37. The van der Waals surface area contributed by atoms with Crippen LogP contribution in [0.3, 0.4) is 0 Å². The predicted octanol–water partition coefficient (Wildman–Crippen LogP) is 0.114. The van der Waals surface area contributed by atoms with Gasteiger partial charge >= 0.3 is 0 Å². The molecule has 3 heteroatoms. The van der Waals surface area contributed by atoms with Crippen LogP contribution in [0.5, 0.6) is 0 Å². The highest BCUT2D eigenvalue weighted by Crippen LogP contribution is 2.04. The predicted molar refractivity (Wildman–Crippen MR) is 30.9 cm³/mol.